The second kappa shape index (κ2) is 9.30. The molecule has 3 aromatic rings. The lowest BCUT2D eigenvalue weighted by Crippen LogP contribution is -2.44. The fraction of sp³-hybridized carbons (Fsp3) is 0.348. The summed E-state index contributed by atoms with van der Waals surface area (Å²) in [7, 11) is -3.46. The maximum Gasteiger partial charge on any atom is 0.322 e. The van der Waals surface area contributed by atoms with E-state index >= 15 is 0 Å². The molecule has 1 aliphatic rings. The van der Waals surface area contributed by atoms with Crippen molar-refractivity contribution in [3.63, 3.8) is 0 Å². The van der Waals surface area contributed by atoms with Crippen LogP contribution in [-0.4, -0.2) is 42.0 Å². The summed E-state index contributed by atoms with van der Waals surface area (Å²) in [5, 5.41) is 7.48. The van der Waals surface area contributed by atoms with Crippen LogP contribution in [0.5, 0.6) is 0 Å². The van der Waals surface area contributed by atoms with Crippen LogP contribution in [0.4, 0.5) is 14.9 Å². The van der Waals surface area contributed by atoms with E-state index in [9.17, 15) is 17.6 Å². The summed E-state index contributed by atoms with van der Waals surface area (Å²) >= 11 is 0. The van der Waals surface area contributed by atoms with Gasteiger partial charge < -0.3 is 5.32 Å². The van der Waals surface area contributed by atoms with E-state index in [0.29, 0.717) is 24.2 Å². The smallest absolute Gasteiger partial charge is 0.322 e. The monoisotopic (exact) mass is 471 g/mol. The van der Waals surface area contributed by atoms with Crippen LogP contribution in [0.2, 0.25) is 0 Å². The van der Waals surface area contributed by atoms with Gasteiger partial charge in [-0.15, -0.1) is 0 Å². The molecule has 3 heterocycles. The van der Waals surface area contributed by atoms with Gasteiger partial charge in [-0.2, -0.15) is 5.10 Å². The van der Waals surface area contributed by atoms with Gasteiger partial charge in [-0.1, -0.05) is 13.3 Å². The molecule has 1 N–H and O–H groups in total. The molecule has 1 atom stereocenters. The lowest BCUT2D eigenvalue weighted by Gasteiger charge is -2.29. The zero-order chi connectivity index (χ0) is 23.6. The summed E-state index contributed by atoms with van der Waals surface area (Å²) in [6.45, 7) is 2.54. The van der Waals surface area contributed by atoms with E-state index in [4.69, 9.17) is 0 Å². The molecule has 1 aliphatic heterocycles. The minimum atomic E-state index is -3.46. The number of urea groups is 1. The Bertz CT molecular complexity index is 1260. The third kappa shape index (κ3) is 4.90. The van der Waals surface area contributed by atoms with Crippen molar-refractivity contribution in [1.29, 1.82) is 0 Å². The Morgan fingerprint density at radius 1 is 1.24 bits per heavy atom. The molecule has 0 saturated heterocycles. The van der Waals surface area contributed by atoms with Crippen molar-refractivity contribution in [2.45, 2.75) is 43.7 Å². The Morgan fingerprint density at radius 3 is 2.70 bits per heavy atom. The van der Waals surface area contributed by atoms with Crippen molar-refractivity contribution in [3.8, 4) is 5.69 Å². The van der Waals surface area contributed by atoms with E-state index in [1.807, 2.05) is 6.92 Å². The third-order valence-electron chi connectivity index (χ3n) is 5.67. The van der Waals surface area contributed by atoms with Crippen LogP contribution in [0, 0.1) is 5.82 Å². The summed E-state index contributed by atoms with van der Waals surface area (Å²) < 4.78 is 38.9. The second-order valence-electron chi connectivity index (χ2n) is 8.11. The van der Waals surface area contributed by atoms with E-state index in [0.717, 1.165) is 36.9 Å². The summed E-state index contributed by atoms with van der Waals surface area (Å²) in [4.78, 5) is 18.9. The standard InChI is InChI=1S/C23H26FN5O3S/c1-3-5-19(16-11-12-25-22(14-16)33(2,31)32)27-23(30)28-13-4-6-20-21(28)15-26-29(20)18-9-7-17(24)8-10-18/h7-12,14-15,19H,3-6,13H2,1-2H3,(H,27,30)/t19-/m0/s1. The van der Waals surface area contributed by atoms with E-state index in [2.05, 4.69) is 15.4 Å². The SMILES string of the molecule is CCC[C@H](NC(=O)N1CCCc2c1cnn2-c1ccc(F)cc1)c1ccnc(S(C)(=O)=O)c1. The quantitative estimate of drug-likeness (QED) is 0.590. The molecule has 0 saturated carbocycles. The van der Waals surface area contributed by atoms with Gasteiger partial charge in [0, 0.05) is 19.0 Å². The lowest BCUT2D eigenvalue weighted by molar-refractivity contribution is 0.241. The number of halogens is 1. The summed E-state index contributed by atoms with van der Waals surface area (Å²) in [6, 6.07) is 8.68. The second-order valence-corrected chi connectivity index (χ2v) is 10.1. The van der Waals surface area contributed by atoms with Gasteiger partial charge in [0.1, 0.15) is 5.82 Å². The van der Waals surface area contributed by atoms with Crippen molar-refractivity contribution >= 4 is 21.6 Å². The molecule has 0 fully saturated rings. The van der Waals surface area contributed by atoms with Crippen LogP contribution in [-0.2, 0) is 16.3 Å². The number of hydrogen-bond donors (Lipinski definition) is 1. The molecule has 0 spiro atoms. The molecule has 2 amide bonds. The van der Waals surface area contributed by atoms with Crippen molar-refractivity contribution in [2.24, 2.45) is 0 Å². The first-order chi connectivity index (χ1) is 15.8. The van der Waals surface area contributed by atoms with Gasteiger partial charge in [-0.3, -0.25) is 4.90 Å². The summed E-state index contributed by atoms with van der Waals surface area (Å²) in [5.41, 5.74) is 3.02. The van der Waals surface area contributed by atoms with Gasteiger partial charge in [0.15, 0.2) is 14.9 Å². The molecule has 0 unspecified atom stereocenters. The molecule has 0 bridgehead atoms. The lowest BCUT2D eigenvalue weighted by atomic mass is 10.0. The molecule has 10 heteroatoms. The zero-order valence-corrected chi connectivity index (χ0v) is 19.3. The van der Waals surface area contributed by atoms with Crippen LogP contribution in [0.3, 0.4) is 0 Å². The number of rotatable bonds is 6. The Hall–Kier alpha value is -3.27. The highest BCUT2D eigenvalue weighted by molar-refractivity contribution is 7.90. The van der Waals surface area contributed by atoms with Crippen LogP contribution < -0.4 is 10.2 Å². The molecular weight excluding hydrogens is 445 g/mol. The fourth-order valence-corrected chi connectivity index (χ4v) is 4.65. The predicted octanol–water partition coefficient (Wildman–Crippen LogP) is 3.81. The van der Waals surface area contributed by atoms with Crippen LogP contribution in [0.1, 0.15) is 43.5 Å². The summed E-state index contributed by atoms with van der Waals surface area (Å²) in [6.07, 6.45) is 7.17. The minimum absolute atomic E-state index is 0.0174. The number of benzene rings is 1. The molecule has 1 aromatic carbocycles. The van der Waals surface area contributed by atoms with Gasteiger partial charge in [-0.05, 0) is 61.2 Å². The van der Waals surface area contributed by atoms with Crippen LogP contribution >= 0.6 is 0 Å². The number of anilines is 1. The average molecular weight is 472 g/mol. The number of nitrogens with one attached hydrogen (secondary N) is 1. The number of aromatic nitrogens is 3. The minimum Gasteiger partial charge on any atom is -0.331 e. The van der Waals surface area contributed by atoms with Crippen molar-refractivity contribution in [3.05, 3.63) is 65.9 Å². The third-order valence-corrected chi connectivity index (χ3v) is 6.65. The van der Waals surface area contributed by atoms with Crippen molar-refractivity contribution in [1.82, 2.24) is 20.1 Å². The first-order valence-electron chi connectivity index (χ1n) is 10.8. The highest BCUT2D eigenvalue weighted by Gasteiger charge is 2.28. The number of hydrogen-bond acceptors (Lipinski definition) is 5. The van der Waals surface area contributed by atoms with E-state index in [1.54, 1.807) is 34.0 Å². The first kappa shape index (κ1) is 22.9. The fourth-order valence-electron chi connectivity index (χ4n) is 4.05. The topological polar surface area (TPSA) is 97.2 Å². The number of nitrogens with zero attached hydrogens (tertiary/aromatic N) is 4. The maximum absolute atomic E-state index is 13.3. The van der Waals surface area contributed by atoms with Gasteiger partial charge in [-0.25, -0.2) is 27.3 Å². The molecule has 2 aromatic heterocycles. The average Bonchev–Trinajstić information content (AvgIpc) is 3.23. The van der Waals surface area contributed by atoms with Crippen molar-refractivity contribution in [2.75, 3.05) is 17.7 Å². The van der Waals surface area contributed by atoms with Gasteiger partial charge in [0.2, 0.25) is 0 Å². The molecule has 4 rings (SSSR count). The summed E-state index contributed by atoms with van der Waals surface area (Å²) in [5.74, 6) is -0.321. The Kier molecular flexibility index (Phi) is 6.46. The van der Waals surface area contributed by atoms with Crippen LogP contribution in [0.25, 0.3) is 5.69 Å². The Morgan fingerprint density at radius 2 is 2.00 bits per heavy atom. The van der Waals surface area contributed by atoms with Gasteiger partial charge in [0.05, 0.1) is 29.3 Å². The molecular formula is C23H26FN5O3S. The highest BCUT2D eigenvalue weighted by atomic mass is 32.2. The predicted molar refractivity (Wildman–Crippen MR) is 123 cm³/mol. The number of pyridine rings is 1. The zero-order valence-electron chi connectivity index (χ0n) is 18.5. The number of carbonyl (C=O) groups is 1. The normalized spacial score (nSPS) is 14.6. The highest BCUT2D eigenvalue weighted by Crippen LogP contribution is 2.30. The number of carbonyl (C=O) groups excluding carboxylic acids is 1. The maximum atomic E-state index is 13.3. The Balaban J connectivity index is 1.59. The molecule has 174 valence electrons. The number of fused-ring (bicyclic) bond motifs is 1. The van der Waals surface area contributed by atoms with Crippen molar-refractivity contribution < 1.29 is 17.6 Å². The van der Waals surface area contributed by atoms with E-state index in [-0.39, 0.29) is 22.9 Å². The number of amides is 2. The van der Waals surface area contributed by atoms with Gasteiger partial charge >= 0.3 is 6.03 Å². The first-order valence-corrected chi connectivity index (χ1v) is 12.7. The molecule has 0 radical (unpaired) electrons. The van der Waals surface area contributed by atoms with Crippen LogP contribution in [0.15, 0.2) is 53.8 Å². The largest absolute Gasteiger partial charge is 0.331 e. The molecule has 0 aliphatic carbocycles. The van der Waals surface area contributed by atoms with E-state index in [1.165, 1.54) is 24.4 Å². The number of sulfone groups is 1. The molecule has 8 nitrogen and oxygen atoms in total. The van der Waals surface area contributed by atoms with E-state index < -0.39 is 9.84 Å². The van der Waals surface area contributed by atoms with Gasteiger partial charge in [0.25, 0.3) is 0 Å². The Labute approximate surface area is 192 Å². The molecule has 33 heavy (non-hydrogen) atoms.